The summed E-state index contributed by atoms with van der Waals surface area (Å²) in [6, 6.07) is 3.98. The lowest BCUT2D eigenvalue weighted by Gasteiger charge is -2.09. The minimum atomic E-state index is -0.311. The second-order valence-corrected chi connectivity index (χ2v) is 4.96. The van der Waals surface area contributed by atoms with E-state index in [4.69, 9.17) is 0 Å². The first-order chi connectivity index (χ1) is 10.1. The molecule has 0 spiro atoms. The minimum absolute atomic E-state index is 0.284. The number of carbonyl (C=O) groups is 1. The van der Waals surface area contributed by atoms with E-state index in [0.717, 1.165) is 24.1 Å². The number of carbonyl (C=O) groups excluding carboxylic acids is 1. The molecule has 1 aromatic carbocycles. The van der Waals surface area contributed by atoms with Gasteiger partial charge in [-0.05, 0) is 56.0 Å². The van der Waals surface area contributed by atoms with Crippen LogP contribution in [0.4, 0.5) is 14.9 Å². The zero-order valence-corrected chi connectivity index (χ0v) is 12.2. The van der Waals surface area contributed by atoms with E-state index in [9.17, 15) is 9.18 Å². The van der Waals surface area contributed by atoms with Gasteiger partial charge in [0.15, 0.2) is 0 Å². The molecule has 3 N–H and O–H groups in total. The molecule has 0 aliphatic heterocycles. The summed E-state index contributed by atoms with van der Waals surface area (Å²) >= 11 is 0. The molecule has 1 aromatic heterocycles. The van der Waals surface area contributed by atoms with Crippen LogP contribution in [-0.2, 0) is 6.42 Å². The fourth-order valence-corrected chi connectivity index (χ4v) is 2.04. The van der Waals surface area contributed by atoms with E-state index in [1.807, 2.05) is 6.92 Å². The van der Waals surface area contributed by atoms with Gasteiger partial charge in [0.05, 0.1) is 6.20 Å². The molecule has 0 saturated heterocycles. The van der Waals surface area contributed by atoms with Gasteiger partial charge in [-0.25, -0.2) is 9.18 Å². The number of anilines is 1. The number of nitrogens with zero attached hydrogens (tertiary/aromatic N) is 1. The summed E-state index contributed by atoms with van der Waals surface area (Å²) < 4.78 is 13.0. The van der Waals surface area contributed by atoms with Gasteiger partial charge in [0.25, 0.3) is 0 Å². The monoisotopic (exact) mass is 290 g/mol. The molecule has 0 aliphatic rings. The van der Waals surface area contributed by atoms with E-state index in [2.05, 4.69) is 20.8 Å². The molecule has 21 heavy (non-hydrogen) atoms. The molecular weight excluding hydrogens is 271 g/mol. The summed E-state index contributed by atoms with van der Waals surface area (Å²) in [6.45, 7) is 4.29. The van der Waals surface area contributed by atoms with Crippen LogP contribution in [0.1, 0.15) is 23.2 Å². The van der Waals surface area contributed by atoms with Crippen molar-refractivity contribution >= 4 is 11.7 Å². The number of amides is 2. The average Bonchev–Trinajstić information content (AvgIpc) is 2.84. The Kier molecular flexibility index (Phi) is 4.92. The normalized spacial score (nSPS) is 10.4. The third-order valence-corrected chi connectivity index (χ3v) is 3.28. The van der Waals surface area contributed by atoms with Crippen molar-refractivity contribution in [1.82, 2.24) is 15.5 Å². The molecule has 2 rings (SSSR count). The van der Waals surface area contributed by atoms with Gasteiger partial charge >= 0.3 is 6.03 Å². The third kappa shape index (κ3) is 4.30. The number of H-pyrrole nitrogens is 1. The van der Waals surface area contributed by atoms with Crippen LogP contribution in [0.2, 0.25) is 0 Å². The lowest BCUT2D eigenvalue weighted by Crippen LogP contribution is -2.30. The molecule has 5 nitrogen and oxygen atoms in total. The van der Waals surface area contributed by atoms with Crippen molar-refractivity contribution in [3.63, 3.8) is 0 Å². The van der Waals surface area contributed by atoms with E-state index in [1.54, 1.807) is 19.2 Å². The zero-order chi connectivity index (χ0) is 15.2. The van der Waals surface area contributed by atoms with E-state index in [1.165, 1.54) is 12.1 Å². The summed E-state index contributed by atoms with van der Waals surface area (Å²) in [4.78, 5) is 11.7. The third-order valence-electron chi connectivity index (χ3n) is 3.28. The first-order valence-electron chi connectivity index (χ1n) is 6.86. The quantitative estimate of drug-likeness (QED) is 0.741. The molecule has 0 bridgehead atoms. The number of aromatic amines is 1. The summed E-state index contributed by atoms with van der Waals surface area (Å²) in [5, 5.41) is 12.3. The van der Waals surface area contributed by atoms with Gasteiger partial charge in [-0.2, -0.15) is 5.10 Å². The Hall–Kier alpha value is -2.37. The highest BCUT2D eigenvalue weighted by atomic mass is 19.1. The largest absolute Gasteiger partial charge is 0.338 e. The summed E-state index contributed by atoms with van der Waals surface area (Å²) in [5.41, 5.74) is 3.52. The molecular formula is C15H19FN4O. The lowest BCUT2D eigenvalue weighted by molar-refractivity contribution is 0.252. The molecule has 0 radical (unpaired) electrons. The maximum atomic E-state index is 13.0. The SMILES string of the molecule is Cc1cc(F)ccc1NC(=O)NCCCc1cn[nH]c1C. The Morgan fingerprint density at radius 3 is 2.86 bits per heavy atom. The van der Waals surface area contributed by atoms with Crippen molar-refractivity contribution in [2.75, 3.05) is 11.9 Å². The van der Waals surface area contributed by atoms with Crippen LogP contribution in [-0.4, -0.2) is 22.8 Å². The van der Waals surface area contributed by atoms with Crippen LogP contribution in [0.3, 0.4) is 0 Å². The molecule has 0 atom stereocenters. The number of rotatable bonds is 5. The van der Waals surface area contributed by atoms with Crippen molar-refractivity contribution < 1.29 is 9.18 Å². The van der Waals surface area contributed by atoms with Crippen LogP contribution < -0.4 is 10.6 Å². The van der Waals surface area contributed by atoms with Crippen molar-refractivity contribution in [2.24, 2.45) is 0 Å². The van der Waals surface area contributed by atoms with Gasteiger partial charge in [0.2, 0.25) is 0 Å². The van der Waals surface area contributed by atoms with Crippen molar-refractivity contribution in [2.45, 2.75) is 26.7 Å². The number of aryl methyl sites for hydroxylation is 3. The van der Waals surface area contributed by atoms with Crippen LogP contribution in [0.15, 0.2) is 24.4 Å². The van der Waals surface area contributed by atoms with E-state index >= 15 is 0 Å². The van der Waals surface area contributed by atoms with Crippen molar-refractivity contribution in [3.05, 3.63) is 47.0 Å². The number of hydrogen-bond acceptors (Lipinski definition) is 2. The predicted molar refractivity (Wildman–Crippen MR) is 79.8 cm³/mol. The Balaban J connectivity index is 1.73. The molecule has 0 fully saturated rings. The highest BCUT2D eigenvalue weighted by Crippen LogP contribution is 2.15. The Morgan fingerprint density at radius 2 is 2.19 bits per heavy atom. The topological polar surface area (TPSA) is 69.8 Å². The standard InChI is InChI=1S/C15H19FN4O/c1-10-8-13(16)5-6-14(10)19-15(21)17-7-3-4-12-9-18-20-11(12)2/h5-6,8-9H,3-4,7H2,1-2H3,(H,18,20)(H2,17,19,21). The molecule has 0 unspecified atom stereocenters. The first kappa shape index (κ1) is 15.0. The Morgan fingerprint density at radius 1 is 1.38 bits per heavy atom. The Bertz CT molecular complexity index is 624. The number of hydrogen-bond donors (Lipinski definition) is 3. The van der Waals surface area contributed by atoms with Crippen LogP contribution in [0.5, 0.6) is 0 Å². The van der Waals surface area contributed by atoms with E-state index < -0.39 is 0 Å². The first-order valence-corrected chi connectivity index (χ1v) is 6.86. The minimum Gasteiger partial charge on any atom is -0.338 e. The highest BCUT2D eigenvalue weighted by Gasteiger charge is 2.05. The fourth-order valence-electron chi connectivity index (χ4n) is 2.04. The molecule has 112 valence electrons. The number of urea groups is 1. The molecule has 6 heteroatoms. The van der Waals surface area contributed by atoms with Crippen LogP contribution in [0, 0.1) is 19.7 Å². The number of halogens is 1. The maximum Gasteiger partial charge on any atom is 0.319 e. The predicted octanol–water partition coefficient (Wildman–Crippen LogP) is 2.92. The van der Waals surface area contributed by atoms with E-state index in [-0.39, 0.29) is 11.8 Å². The van der Waals surface area contributed by atoms with Crippen LogP contribution in [0.25, 0.3) is 0 Å². The highest BCUT2D eigenvalue weighted by molar-refractivity contribution is 5.89. The number of benzene rings is 1. The summed E-state index contributed by atoms with van der Waals surface area (Å²) in [7, 11) is 0. The fraction of sp³-hybridized carbons (Fsp3) is 0.333. The number of aromatic nitrogens is 2. The van der Waals surface area contributed by atoms with Gasteiger partial charge in [-0.15, -0.1) is 0 Å². The smallest absolute Gasteiger partial charge is 0.319 e. The van der Waals surface area contributed by atoms with E-state index in [0.29, 0.717) is 17.8 Å². The molecule has 0 saturated carbocycles. The van der Waals surface area contributed by atoms with Crippen molar-refractivity contribution in [3.8, 4) is 0 Å². The van der Waals surface area contributed by atoms with Gasteiger partial charge in [0, 0.05) is 17.9 Å². The van der Waals surface area contributed by atoms with Gasteiger partial charge in [0.1, 0.15) is 5.82 Å². The maximum absolute atomic E-state index is 13.0. The lowest BCUT2D eigenvalue weighted by atomic mass is 10.1. The van der Waals surface area contributed by atoms with Gasteiger partial charge < -0.3 is 10.6 Å². The second-order valence-electron chi connectivity index (χ2n) is 4.96. The number of nitrogens with one attached hydrogen (secondary N) is 3. The molecule has 1 heterocycles. The molecule has 0 aliphatic carbocycles. The van der Waals surface area contributed by atoms with Gasteiger partial charge in [-0.3, -0.25) is 5.10 Å². The van der Waals surface area contributed by atoms with Crippen LogP contribution >= 0.6 is 0 Å². The zero-order valence-electron chi connectivity index (χ0n) is 12.2. The molecule has 2 aromatic rings. The summed E-state index contributed by atoms with van der Waals surface area (Å²) in [6.07, 6.45) is 3.49. The van der Waals surface area contributed by atoms with Crippen molar-refractivity contribution in [1.29, 1.82) is 0 Å². The molecule has 2 amide bonds. The summed E-state index contributed by atoms with van der Waals surface area (Å²) in [5.74, 6) is -0.311. The second kappa shape index (κ2) is 6.88. The Labute approximate surface area is 123 Å². The van der Waals surface area contributed by atoms with Gasteiger partial charge in [-0.1, -0.05) is 0 Å². The average molecular weight is 290 g/mol.